The summed E-state index contributed by atoms with van der Waals surface area (Å²) >= 11 is 0. The van der Waals surface area contributed by atoms with Gasteiger partial charge in [0.05, 0.1) is 0 Å². The van der Waals surface area contributed by atoms with Gasteiger partial charge in [0, 0.05) is 45.1 Å². The van der Waals surface area contributed by atoms with Gasteiger partial charge in [0.15, 0.2) is 11.7 Å². The summed E-state index contributed by atoms with van der Waals surface area (Å²) in [6.07, 6.45) is 4.00. The topological polar surface area (TPSA) is 21.7 Å². The van der Waals surface area contributed by atoms with E-state index in [2.05, 4.69) is 79.4 Å². The average Bonchev–Trinajstić information content (AvgIpc) is 2.76. The zero-order chi connectivity index (χ0) is 13.3. The highest BCUT2D eigenvalue weighted by Crippen LogP contribution is 2.20. The molecule has 3 nitrogen and oxygen atoms in total. The first-order valence-corrected chi connectivity index (χ1v) is 6.46. The van der Waals surface area contributed by atoms with Gasteiger partial charge in [-0.2, -0.15) is 9.67 Å². The van der Waals surface area contributed by atoms with Crippen LogP contribution >= 0.6 is 0 Å². The van der Waals surface area contributed by atoms with Crippen LogP contribution in [0.4, 0.5) is 0 Å². The monoisotopic (exact) mass is 244 g/mol. The molecule has 0 aliphatic heterocycles. The third-order valence-electron chi connectivity index (χ3n) is 3.00. The van der Waals surface area contributed by atoms with Crippen LogP contribution in [0.15, 0.2) is 36.7 Å². The van der Waals surface area contributed by atoms with E-state index in [0.717, 1.165) is 0 Å². The molecule has 0 saturated carbocycles. The van der Waals surface area contributed by atoms with Crippen LogP contribution in [0.2, 0.25) is 0 Å². The van der Waals surface area contributed by atoms with E-state index in [1.165, 1.54) is 11.4 Å². The lowest BCUT2D eigenvalue weighted by atomic mass is 10.1. The van der Waals surface area contributed by atoms with Gasteiger partial charge in [-0.25, -0.2) is 0 Å². The van der Waals surface area contributed by atoms with Crippen LogP contribution in [0.25, 0.3) is 11.4 Å². The summed E-state index contributed by atoms with van der Waals surface area (Å²) in [6.45, 7) is 11.0. The van der Waals surface area contributed by atoms with Crippen molar-refractivity contribution in [2.75, 3.05) is 0 Å². The highest BCUT2D eigenvalue weighted by Gasteiger charge is 2.27. The van der Waals surface area contributed by atoms with Crippen molar-refractivity contribution in [3.63, 3.8) is 0 Å². The van der Waals surface area contributed by atoms with Crippen LogP contribution in [0.3, 0.4) is 0 Å². The van der Waals surface area contributed by atoms with Crippen LogP contribution in [0.1, 0.15) is 40.7 Å². The Balaban J connectivity index is 2.61. The Kier molecular flexibility index (Phi) is 3.24. The number of pyridine rings is 1. The summed E-state index contributed by atoms with van der Waals surface area (Å²) in [7, 11) is 0. The first kappa shape index (κ1) is 12.8. The molecule has 0 spiro atoms. The van der Waals surface area contributed by atoms with Crippen molar-refractivity contribution >= 4 is 0 Å². The van der Waals surface area contributed by atoms with Crippen LogP contribution in [-0.2, 0) is 5.54 Å². The minimum absolute atomic E-state index is 0.0582. The van der Waals surface area contributed by atoms with Crippen molar-refractivity contribution in [3.05, 3.63) is 36.7 Å². The van der Waals surface area contributed by atoms with E-state index in [0.29, 0.717) is 6.04 Å². The molecule has 3 heteroatoms. The van der Waals surface area contributed by atoms with E-state index in [-0.39, 0.29) is 5.54 Å². The van der Waals surface area contributed by atoms with E-state index in [9.17, 15) is 0 Å². The highest BCUT2D eigenvalue weighted by atomic mass is 15.3. The Hall–Kier alpha value is -1.64. The molecular weight excluding hydrogens is 222 g/mol. The number of hydrogen-bond donors (Lipinski definition) is 0. The van der Waals surface area contributed by atoms with Crippen molar-refractivity contribution in [1.29, 1.82) is 0 Å². The van der Waals surface area contributed by atoms with Crippen molar-refractivity contribution in [2.45, 2.75) is 46.2 Å². The molecule has 2 heterocycles. The molecule has 0 unspecified atom stereocenters. The first-order chi connectivity index (χ1) is 8.41. The maximum absolute atomic E-state index is 4.42. The van der Waals surface area contributed by atoms with E-state index in [1.807, 2.05) is 6.20 Å². The quantitative estimate of drug-likeness (QED) is 0.744. The minimum Gasteiger partial charge on any atom is -0.256 e. The molecule has 0 aliphatic carbocycles. The number of rotatable bonds is 2. The Labute approximate surface area is 109 Å². The van der Waals surface area contributed by atoms with Gasteiger partial charge in [0.25, 0.3) is 0 Å². The van der Waals surface area contributed by atoms with Crippen molar-refractivity contribution in [2.24, 2.45) is 0 Å². The van der Waals surface area contributed by atoms with Gasteiger partial charge >= 0.3 is 0 Å². The summed E-state index contributed by atoms with van der Waals surface area (Å²) in [5.74, 6) is 0. The van der Waals surface area contributed by atoms with E-state index in [4.69, 9.17) is 0 Å². The predicted molar refractivity (Wildman–Crippen MR) is 73.2 cm³/mol. The summed E-state index contributed by atoms with van der Waals surface area (Å²) in [4.78, 5) is 0. The first-order valence-electron chi connectivity index (χ1n) is 6.46. The number of aromatic nitrogens is 3. The molecule has 0 bridgehead atoms. The molecule has 2 rings (SSSR count). The second-order valence-corrected chi connectivity index (χ2v) is 5.88. The molecule has 0 N–H and O–H groups in total. The second kappa shape index (κ2) is 4.56. The second-order valence-electron chi connectivity index (χ2n) is 5.88. The number of hydrogen-bond acceptors (Lipinski definition) is 1. The lowest BCUT2D eigenvalue weighted by Gasteiger charge is -2.17. The molecule has 0 fully saturated rings. The molecule has 96 valence electrons. The fourth-order valence-corrected chi connectivity index (χ4v) is 2.17. The van der Waals surface area contributed by atoms with Gasteiger partial charge in [0.1, 0.15) is 5.69 Å². The lowest BCUT2D eigenvalue weighted by molar-refractivity contribution is -0.744. The van der Waals surface area contributed by atoms with Gasteiger partial charge in [0.2, 0.25) is 5.69 Å². The fourth-order valence-electron chi connectivity index (χ4n) is 2.17. The summed E-state index contributed by atoms with van der Waals surface area (Å²) in [5.41, 5.74) is 2.43. The molecule has 0 aromatic carbocycles. The molecular formula is C15H22N3+. The van der Waals surface area contributed by atoms with Crippen LogP contribution in [0, 0.1) is 0 Å². The normalized spacial score (nSPS) is 12.1. The van der Waals surface area contributed by atoms with Crippen LogP contribution < -0.4 is 4.57 Å². The van der Waals surface area contributed by atoms with Crippen molar-refractivity contribution in [3.8, 4) is 11.4 Å². The SMILES string of the molecule is CC(C)n1nccc1-c1cccc[n+]1C(C)(C)C. The zero-order valence-corrected chi connectivity index (χ0v) is 11.9. The molecule has 0 radical (unpaired) electrons. The molecule has 0 amide bonds. The summed E-state index contributed by atoms with van der Waals surface area (Å²) in [6, 6.07) is 8.75. The Morgan fingerprint density at radius 3 is 2.50 bits per heavy atom. The lowest BCUT2D eigenvalue weighted by Crippen LogP contribution is -2.51. The minimum atomic E-state index is 0.0582. The molecule has 18 heavy (non-hydrogen) atoms. The van der Waals surface area contributed by atoms with Crippen molar-refractivity contribution < 1.29 is 4.57 Å². The Morgan fingerprint density at radius 1 is 1.17 bits per heavy atom. The third kappa shape index (κ3) is 2.30. The van der Waals surface area contributed by atoms with Crippen LogP contribution in [-0.4, -0.2) is 9.78 Å². The molecule has 2 aromatic rings. The van der Waals surface area contributed by atoms with Crippen LogP contribution in [0.5, 0.6) is 0 Å². The zero-order valence-electron chi connectivity index (χ0n) is 11.9. The van der Waals surface area contributed by atoms with Gasteiger partial charge in [-0.15, -0.1) is 0 Å². The third-order valence-corrected chi connectivity index (χ3v) is 3.00. The number of nitrogens with zero attached hydrogens (tertiary/aromatic N) is 3. The van der Waals surface area contributed by atoms with Gasteiger partial charge in [-0.05, 0) is 26.0 Å². The van der Waals surface area contributed by atoms with Gasteiger partial charge < -0.3 is 0 Å². The summed E-state index contributed by atoms with van der Waals surface area (Å²) in [5, 5.41) is 4.42. The largest absolute Gasteiger partial charge is 0.256 e. The van der Waals surface area contributed by atoms with E-state index < -0.39 is 0 Å². The van der Waals surface area contributed by atoms with Crippen molar-refractivity contribution in [1.82, 2.24) is 9.78 Å². The molecule has 2 aromatic heterocycles. The predicted octanol–water partition coefficient (Wildman–Crippen LogP) is 3.17. The standard InChI is InChI=1S/C15H22N3/c1-12(2)18-14(9-10-16-18)13-8-6-7-11-17(13)15(3,4)5/h6-12H,1-5H3/q+1. The summed E-state index contributed by atoms with van der Waals surface area (Å²) < 4.78 is 4.36. The fraction of sp³-hybridized carbons (Fsp3) is 0.467. The maximum Gasteiger partial charge on any atom is 0.231 e. The van der Waals surface area contributed by atoms with E-state index >= 15 is 0 Å². The molecule has 0 atom stereocenters. The molecule has 0 aliphatic rings. The van der Waals surface area contributed by atoms with Gasteiger partial charge in [-0.3, -0.25) is 4.68 Å². The maximum atomic E-state index is 4.42. The van der Waals surface area contributed by atoms with E-state index in [1.54, 1.807) is 0 Å². The highest BCUT2D eigenvalue weighted by molar-refractivity contribution is 5.50. The van der Waals surface area contributed by atoms with Gasteiger partial charge in [-0.1, -0.05) is 0 Å². The Bertz CT molecular complexity index is 533. The molecule has 0 saturated heterocycles. The Morgan fingerprint density at radius 2 is 1.89 bits per heavy atom. The average molecular weight is 244 g/mol. The smallest absolute Gasteiger partial charge is 0.231 e.